The van der Waals surface area contributed by atoms with Crippen LogP contribution >= 0.6 is 11.3 Å². The molecule has 0 saturated heterocycles. The molecule has 2 N–H and O–H groups in total. The van der Waals surface area contributed by atoms with E-state index in [4.69, 9.17) is 5.11 Å². The Morgan fingerprint density at radius 1 is 1.53 bits per heavy atom. The fourth-order valence-corrected chi connectivity index (χ4v) is 1.99. The molecule has 0 aliphatic carbocycles. The van der Waals surface area contributed by atoms with Crippen molar-refractivity contribution >= 4 is 23.0 Å². The SMILES string of the molecule is Cc1ccc(C(=O)O)cc1NCc1cncs1. The number of aryl methyl sites for hydroxylation is 1. The van der Waals surface area contributed by atoms with Gasteiger partial charge in [0.05, 0.1) is 17.6 Å². The highest BCUT2D eigenvalue weighted by atomic mass is 32.1. The third-order valence-electron chi connectivity index (χ3n) is 2.42. The third-order valence-corrected chi connectivity index (χ3v) is 3.20. The van der Waals surface area contributed by atoms with Crippen LogP contribution in [-0.4, -0.2) is 16.1 Å². The molecule has 0 spiro atoms. The molecule has 1 aromatic carbocycles. The minimum absolute atomic E-state index is 0.294. The number of nitrogens with zero attached hydrogens (tertiary/aromatic N) is 1. The lowest BCUT2D eigenvalue weighted by atomic mass is 10.1. The smallest absolute Gasteiger partial charge is 0.335 e. The number of hydrogen-bond acceptors (Lipinski definition) is 4. The van der Waals surface area contributed by atoms with Crippen LogP contribution in [-0.2, 0) is 6.54 Å². The summed E-state index contributed by atoms with van der Waals surface area (Å²) in [6.45, 7) is 2.61. The molecule has 0 aliphatic rings. The van der Waals surface area contributed by atoms with Crippen molar-refractivity contribution in [3.05, 3.63) is 45.9 Å². The van der Waals surface area contributed by atoms with E-state index in [2.05, 4.69) is 10.3 Å². The predicted octanol–water partition coefficient (Wildman–Crippen LogP) is 2.76. The van der Waals surface area contributed by atoms with Gasteiger partial charge in [0.2, 0.25) is 0 Å². The van der Waals surface area contributed by atoms with Crippen LogP contribution in [0.3, 0.4) is 0 Å². The zero-order chi connectivity index (χ0) is 12.3. The Kier molecular flexibility index (Phi) is 3.39. The number of carbonyl (C=O) groups is 1. The quantitative estimate of drug-likeness (QED) is 0.873. The molecule has 0 radical (unpaired) electrons. The Morgan fingerprint density at radius 2 is 2.35 bits per heavy atom. The van der Waals surface area contributed by atoms with Crippen LogP contribution in [0.4, 0.5) is 5.69 Å². The molecule has 0 saturated carbocycles. The molecular weight excluding hydrogens is 236 g/mol. The summed E-state index contributed by atoms with van der Waals surface area (Å²) in [4.78, 5) is 16.0. The van der Waals surface area contributed by atoms with Crippen LogP contribution in [0, 0.1) is 6.92 Å². The summed E-state index contributed by atoms with van der Waals surface area (Å²) in [5, 5.41) is 12.1. The first-order chi connectivity index (χ1) is 8.16. The second-order valence-electron chi connectivity index (χ2n) is 3.66. The molecule has 0 fully saturated rings. The maximum Gasteiger partial charge on any atom is 0.335 e. The molecule has 4 nitrogen and oxygen atoms in total. The molecule has 5 heteroatoms. The number of carboxylic acid groups (broad SMARTS) is 1. The first kappa shape index (κ1) is 11.6. The Balaban J connectivity index is 2.14. The average molecular weight is 248 g/mol. The lowest BCUT2D eigenvalue weighted by Crippen LogP contribution is -2.03. The van der Waals surface area contributed by atoms with Crippen molar-refractivity contribution in [1.29, 1.82) is 0 Å². The summed E-state index contributed by atoms with van der Waals surface area (Å²) in [6, 6.07) is 5.06. The van der Waals surface area contributed by atoms with Crippen LogP contribution in [0.25, 0.3) is 0 Å². The number of carboxylic acids is 1. The highest BCUT2D eigenvalue weighted by Gasteiger charge is 2.06. The molecule has 0 unspecified atom stereocenters. The second kappa shape index (κ2) is 4.97. The number of anilines is 1. The Hall–Kier alpha value is -1.88. The molecule has 0 atom stereocenters. The molecule has 2 rings (SSSR count). The molecular formula is C12H12N2O2S. The number of aromatic nitrogens is 1. The Labute approximate surface area is 103 Å². The number of thiazole rings is 1. The summed E-state index contributed by atoms with van der Waals surface area (Å²) in [5.41, 5.74) is 3.94. The van der Waals surface area contributed by atoms with Gasteiger partial charge in [-0.15, -0.1) is 11.3 Å². The van der Waals surface area contributed by atoms with Crippen LogP contribution < -0.4 is 5.32 Å². The van der Waals surface area contributed by atoms with Gasteiger partial charge < -0.3 is 10.4 Å². The van der Waals surface area contributed by atoms with Crippen molar-refractivity contribution in [3.63, 3.8) is 0 Å². The average Bonchev–Trinajstić information content (AvgIpc) is 2.80. The fourth-order valence-electron chi connectivity index (χ4n) is 1.46. The first-order valence-electron chi connectivity index (χ1n) is 5.12. The van der Waals surface area contributed by atoms with Gasteiger partial charge in [-0.3, -0.25) is 4.98 Å². The molecule has 0 aliphatic heterocycles. The van der Waals surface area contributed by atoms with Crippen molar-refractivity contribution in [2.45, 2.75) is 13.5 Å². The zero-order valence-electron chi connectivity index (χ0n) is 9.30. The van der Waals surface area contributed by atoms with Gasteiger partial charge in [0.15, 0.2) is 0 Å². The summed E-state index contributed by atoms with van der Waals surface area (Å²) >= 11 is 1.57. The summed E-state index contributed by atoms with van der Waals surface area (Å²) in [6.07, 6.45) is 1.80. The summed E-state index contributed by atoms with van der Waals surface area (Å²) in [7, 11) is 0. The van der Waals surface area contributed by atoms with Crippen molar-refractivity contribution in [3.8, 4) is 0 Å². The van der Waals surface area contributed by atoms with Gasteiger partial charge in [0, 0.05) is 16.8 Å². The molecule has 0 bridgehead atoms. The van der Waals surface area contributed by atoms with E-state index in [1.54, 1.807) is 41.2 Å². The monoisotopic (exact) mass is 248 g/mol. The van der Waals surface area contributed by atoms with Gasteiger partial charge in [-0.25, -0.2) is 4.79 Å². The summed E-state index contributed by atoms with van der Waals surface area (Å²) < 4.78 is 0. The van der Waals surface area contributed by atoms with Crippen LogP contribution in [0.15, 0.2) is 29.9 Å². The largest absolute Gasteiger partial charge is 0.478 e. The standard InChI is InChI=1S/C12H12N2O2S/c1-8-2-3-9(12(15)16)4-11(8)14-6-10-5-13-7-17-10/h2-5,7,14H,6H2,1H3,(H,15,16). The number of hydrogen-bond donors (Lipinski definition) is 2. The lowest BCUT2D eigenvalue weighted by Gasteiger charge is -2.09. The van der Waals surface area contributed by atoms with Gasteiger partial charge >= 0.3 is 5.97 Å². The zero-order valence-corrected chi connectivity index (χ0v) is 10.1. The van der Waals surface area contributed by atoms with Crippen molar-refractivity contribution in [1.82, 2.24) is 4.98 Å². The van der Waals surface area contributed by atoms with Gasteiger partial charge in [0.25, 0.3) is 0 Å². The van der Waals surface area contributed by atoms with Crippen molar-refractivity contribution < 1.29 is 9.90 Å². The molecule has 2 aromatic rings. The summed E-state index contributed by atoms with van der Waals surface area (Å²) in [5.74, 6) is -0.911. The van der Waals surface area contributed by atoms with E-state index in [1.165, 1.54) is 0 Å². The fraction of sp³-hybridized carbons (Fsp3) is 0.167. The molecule has 17 heavy (non-hydrogen) atoms. The molecule has 88 valence electrons. The van der Waals surface area contributed by atoms with Gasteiger partial charge in [-0.2, -0.15) is 0 Å². The van der Waals surface area contributed by atoms with Crippen LogP contribution in [0.1, 0.15) is 20.8 Å². The lowest BCUT2D eigenvalue weighted by molar-refractivity contribution is 0.0697. The number of nitrogens with one attached hydrogen (secondary N) is 1. The number of aromatic carboxylic acids is 1. The molecule has 1 aromatic heterocycles. The number of rotatable bonds is 4. The minimum Gasteiger partial charge on any atom is -0.478 e. The van der Waals surface area contributed by atoms with E-state index < -0.39 is 5.97 Å². The highest BCUT2D eigenvalue weighted by Crippen LogP contribution is 2.18. The van der Waals surface area contributed by atoms with Gasteiger partial charge in [-0.05, 0) is 24.6 Å². The van der Waals surface area contributed by atoms with E-state index in [0.717, 1.165) is 16.1 Å². The maximum absolute atomic E-state index is 10.9. The van der Waals surface area contributed by atoms with E-state index in [0.29, 0.717) is 12.1 Å². The Morgan fingerprint density at radius 3 is 3.00 bits per heavy atom. The minimum atomic E-state index is -0.911. The van der Waals surface area contributed by atoms with Gasteiger partial charge in [-0.1, -0.05) is 6.07 Å². The second-order valence-corrected chi connectivity index (χ2v) is 4.63. The molecule has 1 heterocycles. The predicted molar refractivity (Wildman–Crippen MR) is 67.6 cm³/mol. The van der Waals surface area contributed by atoms with E-state index in [9.17, 15) is 4.79 Å². The van der Waals surface area contributed by atoms with Crippen molar-refractivity contribution in [2.75, 3.05) is 5.32 Å². The van der Waals surface area contributed by atoms with Crippen molar-refractivity contribution in [2.24, 2.45) is 0 Å². The highest BCUT2D eigenvalue weighted by molar-refractivity contribution is 7.09. The Bertz CT molecular complexity index is 523. The van der Waals surface area contributed by atoms with E-state index in [-0.39, 0.29) is 0 Å². The first-order valence-corrected chi connectivity index (χ1v) is 6.00. The van der Waals surface area contributed by atoms with Crippen LogP contribution in [0.5, 0.6) is 0 Å². The third kappa shape index (κ3) is 2.82. The topological polar surface area (TPSA) is 62.2 Å². The normalized spacial score (nSPS) is 10.2. The van der Waals surface area contributed by atoms with Crippen LogP contribution in [0.2, 0.25) is 0 Å². The number of benzene rings is 1. The van der Waals surface area contributed by atoms with E-state index >= 15 is 0 Å². The maximum atomic E-state index is 10.9. The van der Waals surface area contributed by atoms with E-state index in [1.807, 2.05) is 6.92 Å². The van der Waals surface area contributed by atoms with Gasteiger partial charge in [0.1, 0.15) is 0 Å². The molecule has 0 amide bonds.